The van der Waals surface area contributed by atoms with Gasteiger partial charge in [-0.25, -0.2) is 13.4 Å². The molecule has 0 aliphatic carbocycles. The lowest BCUT2D eigenvalue weighted by molar-refractivity contribution is 0.101. The molecule has 0 bridgehead atoms. The molecular formula is C24H18N2O5S. The fourth-order valence-corrected chi connectivity index (χ4v) is 4.61. The van der Waals surface area contributed by atoms with E-state index in [2.05, 4.69) is 4.98 Å². The quantitative estimate of drug-likeness (QED) is 0.478. The van der Waals surface area contributed by atoms with E-state index in [1.807, 2.05) is 29.9 Å². The summed E-state index contributed by atoms with van der Waals surface area (Å²) < 4.78 is 31.6. The highest BCUT2D eigenvalue weighted by Crippen LogP contribution is 2.39. The van der Waals surface area contributed by atoms with E-state index in [0.717, 1.165) is 10.9 Å². The standard InChI is InChI=1S/C24H18N2O5S/c1-26-13-15(12-20-23(28)22-18(27)7-4-8-19(22)31-20)21-17(9-10-25-24(21)26)14-5-3-6-16(11-14)32(2,29)30/h3-13,27H,1-2H3/b20-12-. The van der Waals surface area contributed by atoms with Gasteiger partial charge >= 0.3 is 0 Å². The lowest BCUT2D eigenvalue weighted by Gasteiger charge is -2.07. The minimum atomic E-state index is -3.37. The molecule has 2 aromatic carbocycles. The number of Topliss-reactive ketones (excluding diaryl/α,β-unsaturated/α-hetero) is 1. The average molecular weight is 446 g/mol. The van der Waals surface area contributed by atoms with E-state index in [9.17, 15) is 18.3 Å². The van der Waals surface area contributed by atoms with E-state index in [4.69, 9.17) is 4.74 Å². The number of carbonyl (C=O) groups is 1. The van der Waals surface area contributed by atoms with E-state index in [0.29, 0.717) is 22.5 Å². The van der Waals surface area contributed by atoms with E-state index in [1.165, 1.54) is 12.3 Å². The second-order valence-electron chi connectivity index (χ2n) is 7.64. The van der Waals surface area contributed by atoms with E-state index >= 15 is 0 Å². The van der Waals surface area contributed by atoms with Crippen molar-refractivity contribution in [3.8, 4) is 22.6 Å². The van der Waals surface area contributed by atoms with Crippen molar-refractivity contribution in [2.75, 3.05) is 6.26 Å². The highest BCUT2D eigenvalue weighted by Gasteiger charge is 2.30. The Morgan fingerprint density at radius 3 is 2.66 bits per heavy atom. The molecule has 1 N–H and O–H groups in total. The predicted molar refractivity (Wildman–Crippen MR) is 120 cm³/mol. The molecule has 0 amide bonds. The number of hydrogen-bond donors (Lipinski definition) is 1. The number of sulfone groups is 1. The minimum absolute atomic E-state index is 0.0914. The molecule has 0 atom stereocenters. The molecule has 7 nitrogen and oxygen atoms in total. The van der Waals surface area contributed by atoms with Gasteiger partial charge in [0.1, 0.15) is 22.7 Å². The molecule has 0 saturated heterocycles. The molecule has 5 rings (SSSR count). The third kappa shape index (κ3) is 3.16. The molecule has 0 fully saturated rings. The number of aromatic nitrogens is 2. The van der Waals surface area contributed by atoms with Gasteiger partial charge in [-0.05, 0) is 47.5 Å². The summed E-state index contributed by atoms with van der Waals surface area (Å²) in [6, 6.07) is 13.2. The van der Waals surface area contributed by atoms with Gasteiger partial charge in [-0.3, -0.25) is 4.79 Å². The number of rotatable bonds is 3. The van der Waals surface area contributed by atoms with Gasteiger partial charge in [0.05, 0.1) is 4.90 Å². The van der Waals surface area contributed by atoms with Crippen LogP contribution in [0.25, 0.3) is 28.2 Å². The summed E-state index contributed by atoms with van der Waals surface area (Å²) in [4.78, 5) is 17.5. The van der Waals surface area contributed by atoms with E-state index in [-0.39, 0.29) is 22.0 Å². The first-order valence-corrected chi connectivity index (χ1v) is 11.6. The van der Waals surface area contributed by atoms with Crippen LogP contribution in [0.5, 0.6) is 11.5 Å². The number of aryl methyl sites for hydroxylation is 1. The molecule has 3 heterocycles. The zero-order chi connectivity index (χ0) is 22.6. The lowest BCUT2D eigenvalue weighted by Crippen LogP contribution is -1.98. The number of carbonyl (C=O) groups excluding carboxylic acids is 1. The summed E-state index contributed by atoms with van der Waals surface area (Å²) in [5.74, 6) is -0.136. The first-order valence-electron chi connectivity index (χ1n) is 9.75. The fraction of sp³-hybridized carbons (Fsp3) is 0.0833. The topological polar surface area (TPSA) is 98.5 Å². The predicted octanol–water partition coefficient (Wildman–Crippen LogP) is 3.97. The van der Waals surface area contributed by atoms with Gasteiger partial charge in [0, 0.05) is 36.6 Å². The average Bonchev–Trinajstić information content (AvgIpc) is 3.25. The molecule has 160 valence electrons. The Bertz CT molecular complexity index is 1560. The van der Waals surface area contributed by atoms with Crippen LogP contribution in [0.15, 0.2) is 71.6 Å². The Labute approximate surface area is 184 Å². The second-order valence-corrected chi connectivity index (χ2v) is 9.66. The molecule has 0 spiro atoms. The first kappa shape index (κ1) is 20.0. The number of allylic oxidation sites excluding steroid dienone is 1. The number of fused-ring (bicyclic) bond motifs is 2. The number of phenolic OH excluding ortho intramolecular Hbond substituents is 1. The normalized spacial score (nSPS) is 14.7. The smallest absolute Gasteiger partial charge is 0.235 e. The van der Waals surface area contributed by atoms with E-state index in [1.54, 1.807) is 42.6 Å². The number of benzene rings is 2. The Balaban J connectivity index is 1.70. The van der Waals surface area contributed by atoms with Gasteiger partial charge in [0.25, 0.3) is 0 Å². The van der Waals surface area contributed by atoms with Crippen molar-refractivity contribution in [1.82, 2.24) is 9.55 Å². The number of ether oxygens (including phenoxy) is 1. The lowest BCUT2D eigenvalue weighted by atomic mass is 10.0. The number of hydrogen-bond acceptors (Lipinski definition) is 6. The SMILES string of the molecule is Cn1cc(/C=C2\Oc3cccc(O)c3C2=O)c2c(-c3cccc(S(C)(=O)=O)c3)ccnc21. The fourth-order valence-electron chi connectivity index (χ4n) is 3.94. The van der Waals surface area contributed by atoms with Crippen LogP contribution >= 0.6 is 0 Å². The minimum Gasteiger partial charge on any atom is -0.507 e. The van der Waals surface area contributed by atoms with Crippen molar-refractivity contribution < 1.29 is 23.1 Å². The van der Waals surface area contributed by atoms with Crippen LogP contribution < -0.4 is 4.74 Å². The number of pyridine rings is 1. The van der Waals surface area contributed by atoms with Crippen LogP contribution in [0.2, 0.25) is 0 Å². The molecule has 8 heteroatoms. The summed E-state index contributed by atoms with van der Waals surface area (Å²) >= 11 is 0. The maximum atomic E-state index is 12.8. The van der Waals surface area contributed by atoms with Crippen molar-refractivity contribution in [2.24, 2.45) is 7.05 Å². The third-order valence-corrected chi connectivity index (χ3v) is 6.53. The van der Waals surface area contributed by atoms with Gasteiger partial charge in [0.2, 0.25) is 5.78 Å². The highest BCUT2D eigenvalue weighted by atomic mass is 32.2. The molecule has 0 saturated carbocycles. The monoisotopic (exact) mass is 446 g/mol. The Kier molecular flexibility index (Phi) is 4.42. The van der Waals surface area contributed by atoms with Gasteiger partial charge < -0.3 is 14.4 Å². The molecule has 0 unspecified atom stereocenters. The maximum absolute atomic E-state index is 12.8. The van der Waals surface area contributed by atoms with Crippen molar-refractivity contribution in [3.63, 3.8) is 0 Å². The molecule has 2 aromatic heterocycles. The number of nitrogens with zero attached hydrogens (tertiary/aromatic N) is 2. The van der Waals surface area contributed by atoms with Crippen LogP contribution in [0.3, 0.4) is 0 Å². The largest absolute Gasteiger partial charge is 0.507 e. The summed E-state index contributed by atoms with van der Waals surface area (Å²) in [7, 11) is -1.53. The number of phenols is 1. The summed E-state index contributed by atoms with van der Waals surface area (Å²) in [5, 5.41) is 10.8. The molecule has 1 aliphatic rings. The second kappa shape index (κ2) is 7.06. The third-order valence-electron chi connectivity index (χ3n) is 5.42. The zero-order valence-corrected chi connectivity index (χ0v) is 18.1. The molecular weight excluding hydrogens is 428 g/mol. The molecule has 4 aromatic rings. The van der Waals surface area contributed by atoms with Crippen molar-refractivity contribution in [2.45, 2.75) is 4.90 Å². The van der Waals surface area contributed by atoms with Crippen molar-refractivity contribution in [1.29, 1.82) is 0 Å². The van der Waals surface area contributed by atoms with Crippen LogP contribution in [-0.2, 0) is 16.9 Å². The molecule has 0 radical (unpaired) electrons. The van der Waals surface area contributed by atoms with Crippen LogP contribution in [0.4, 0.5) is 0 Å². The summed E-state index contributed by atoms with van der Waals surface area (Å²) in [5.41, 5.74) is 2.98. The van der Waals surface area contributed by atoms with E-state index < -0.39 is 15.6 Å². The van der Waals surface area contributed by atoms with Crippen LogP contribution in [0, 0.1) is 0 Å². The van der Waals surface area contributed by atoms with Gasteiger partial charge in [-0.1, -0.05) is 18.2 Å². The Hall–Kier alpha value is -3.91. The molecule has 1 aliphatic heterocycles. The summed E-state index contributed by atoms with van der Waals surface area (Å²) in [6.07, 6.45) is 6.28. The van der Waals surface area contributed by atoms with Gasteiger partial charge in [-0.2, -0.15) is 0 Å². The summed E-state index contributed by atoms with van der Waals surface area (Å²) in [6.45, 7) is 0. The van der Waals surface area contributed by atoms with Crippen LogP contribution in [-0.4, -0.2) is 35.1 Å². The zero-order valence-electron chi connectivity index (χ0n) is 17.2. The molecule has 32 heavy (non-hydrogen) atoms. The Morgan fingerprint density at radius 2 is 1.91 bits per heavy atom. The van der Waals surface area contributed by atoms with Crippen molar-refractivity contribution in [3.05, 3.63) is 77.8 Å². The Morgan fingerprint density at radius 1 is 1.12 bits per heavy atom. The van der Waals surface area contributed by atoms with Crippen LogP contribution in [0.1, 0.15) is 15.9 Å². The van der Waals surface area contributed by atoms with Gasteiger partial charge in [0.15, 0.2) is 15.6 Å². The highest BCUT2D eigenvalue weighted by molar-refractivity contribution is 7.90. The first-order chi connectivity index (χ1) is 15.2. The maximum Gasteiger partial charge on any atom is 0.235 e. The number of aromatic hydroxyl groups is 1. The number of ketones is 1. The van der Waals surface area contributed by atoms with Crippen molar-refractivity contribution >= 4 is 32.7 Å². The van der Waals surface area contributed by atoms with Gasteiger partial charge in [-0.15, -0.1) is 0 Å².